The monoisotopic (exact) mass is 267 g/mol. The van der Waals surface area contributed by atoms with Crippen LogP contribution in [-0.4, -0.2) is 15.4 Å². The van der Waals surface area contributed by atoms with Gasteiger partial charge in [-0.25, -0.2) is 4.39 Å². The Kier molecular flexibility index (Phi) is 3.86. The first kappa shape index (κ1) is 12.9. The van der Waals surface area contributed by atoms with Crippen molar-refractivity contribution < 1.29 is 8.91 Å². The summed E-state index contributed by atoms with van der Waals surface area (Å²) in [7, 11) is 0. The van der Waals surface area contributed by atoms with Gasteiger partial charge in [0.2, 0.25) is 0 Å². The zero-order chi connectivity index (χ0) is 13.1. The maximum atomic E-state index is 13.3. The minimum Gasteiger partial charge on any atom is -0.396 e. The zero-order valence-corrected chi connectivity index (χ0v) is 11.0. The molecule has 0 fully saturated rings. The number of rotatable bonds is 4. The average Bonchev–Trinajstić information content (AvgIpc) is 2.78. The van der Waals surface area contributed by atoms with Crippen LogP contribution in [0.4, 0.5) is 10.1 Å². The maximum absolute atomic E-state index is 13.3. The minimum absolute atomic E-state index is 0.0317. The largest absolute Gasteiger partial charge is 0.396 e. The molecule has 18 heavy (non-hydrogen) atoms. The molecule has 1 heterocycles. The molecule has 6 heteroatoms. The SMILES string of the molecule is CC(C)SCc1noc(-c2cccc(F)c2N)n1. The van der Waals surface area contributed by atoms with E-state index in [0.29, 0.717) is 22.4 Å². The molecule has 96 valence electrons. The van der Waals surface area contributed by atoms with Crippen LogP contribution in [0.3, 0.4) is 0 Å². The molecule has 0 saturated heterocycles. The molecule has 0 aliphatic carbocycles. The van der Waals surface area contributed by atoms with E-state index in [9.17, 15) is 4.39 Å². The second-order valence-electron chi connectivity index (χ2n) is 4.08. The molecule has 1 aromatic heterocycles. The van der Waals surface area contributed by atoms with E-state index in [4.69, 9.17) is 10.3 Å². The van der Waals surface area contributed by atoms with E-state index >= 15 is 0 Å². The molecule has 4 nitrogen and oxygen atoms in total. The van der Waals surface area contributed by atoms with E-state index in [1.54, 1.807) is 23.9 Å². The molecule has 0 spiro atoms. The van der Waals surface area contributed by atoms with E-state index in [2.05, 4.69) is 24.0 Å². The molecule has 0 aliphatic heterocycles. The van der Waals surface area contributed by atoms with Crippen molar-refractivity contribution in [2.45, 2.75) is 24.9 Å². The van der Waals surface area contributed by atoms with Gasteiger partial charge in [-0.05, 0) is 17.4 Å². The fourth-order valence-electron chi connectivity index (χ4n) is 1.39. The highest BCUT2D eigenvalue weighted by molar-refractivity contribution is 7.99. The molecule has 0 saturated carbocycles. The lowest BCUT2D eigenvalue weighted by molar-refractivity contribution is 0.425. The van der Waals surface area contributed by atoms with Crippen molar-refractivity contribution in [2.75, 3.05) is 5.73 Å². The van der Waals surface area contributed by atoms with Gasteiger partial charge in [0.15, 0.2) is 5.82 Å². The highest BCUT2D eigenvalue weighted by Crippen LogP contribution is 2.27. The van der Waals surface area contributed by atoms with Crippen molar-refractivity contribution in [1.82, 2.24) is 10.1 Å². The lowest BCUT2D eigenvalue weighted by Crippen LogP contribution is -1.94. The standard InChI is InChI=1S/C12H14FN3OS/c1-7(2)18-6-10-15-12(17-16-10)8-4-3-5-9(13)11(8)14/h3-5,7H,6,14H2,1-2H3. The van der Waals surface area contributed by atoms with E-state index in [-0.39, 0.29) is 11.6 Å². The summed E-state index contributed by atoms with van der Waals surface area (Å²) < 4.78 is 18.4. The number of nitrogens with zero attached hydrogens (tertiary/aromatic N) is 2. The number of halogens is 1. The summed E-state index contributed by atoms with van der Waals surface area (Å²) in [5.74, 6) is 1.03. The van der Waals surface area contributed by atoms with Gasteiger partial charge in [-0.2, -0.15) is 16.7 Å². The van der Waals surface area contributed by atoms with Crippen molar-refractivity contribution in [3.63, 3.8) is 0 Å². The minimum atomic E-state index is -0.483. The molecule has 1 aromatic carbocycles. The smallest absolute Gasteiger partial charge is 0.260 e. The zero-order valence-electron chi connectivity index (χ0n) is 10.2. The van der Waals surface area contributed by atoms with E-state index in [1.807, 2.05) is 0 Å². The van der Waals surface area contributed by atoms with Crippen molar-refractivity contribution in [2.24, 2.45) is 0 Å². The first-order valence-corrected chi connectivity index (χ1v) is 6.61. The van der Waals surface area contributed by atoms with Crippen LogP contribution in [0.2, 0.25) is 0 Å². The molecule has 0 unspecified atom stereocenters. The molecule has 0 radical (unpaired) electrons. The van der Waals surface area contributed by atoms with Gasteiger partial charge in [0.05, 0.1) is 17.0 Å². The lowest BCUT2D eigenvalue weighted by Gasteiger charge is -2.01. The van der Waals surface area contributed by atoms with Crippen LogP contribution in [0, 0.1) is 5.82 Å². The number of benzene rings is 1. The number of nitrogen functional groups attached to an aromatic ring is 1. The Balaban J connectivity index is 2.21. The maximum Gasteiger partial charge on any atom is 0.260 e. The van der Waals surface area contributed by atoms with Crippen LogP contribution in [0.25, 0.3) is 11.5 Å². The second kappa shape index (κ2) is 5.39. The van der Waals surface area contributed by atoms with Crippen molar-refractivity contribution in [3.8, 4) is 11.5 Å². The van der Waals surface area contributed by atoms with E-state index < -0.39 is 5.82 Å². The molecule has 2 rings (SSSR count). The van der Waals surface area contributed by atoms with Gasteiger partial charge in [-0.15, -0.1) is 0 Å². The summed E-state index contributed by atoms with van der Waals surface area (Å²) in [6, 6.07) is 4.52. The molecular formula is C12H14FN3OS. The van der Waals surface area contributed by atoms with Gasteiger partial charge < -0.3 is 10.3 Å². The fraction of sp³-hybridized carbons (Fsp3) is 0.333. The quantitative estimate of drug-likeness (QED) is 0.862. The van der Waals surface area contributed by atoms with Gasteiger partial charge in [0.25, 0.3) is 5.89 Å². The summed E-state index contributed by atoms with van der Waals surface area (Å²) >= 11 is 1.71. The summed E-state index contributed by atoms with van der Waals surface area (Å²) in [6.45, 7) is 4.19. The van der Waals surface area contributed by atoms with Crippen LogP contribution in [0.1, 0.15) is 19.7 Å². The fourth-order valence-corrected chi connectivity index (χ4v) is 1.99. The highest BCUT2D eigenvalue weighted by Gasteiger charge is 2.14. The lowest BCUT2D eigenvalue weighted by atomic mass is 10.2. The Morgan fingerprint density at radius 3 is 2.94 bits per heavy atom. The molecular weight excluding hydrogens is 253 g/mol. The molecule has 0 bridgehead atoms. The van der Waals surface area contributed by atoms with Crippen LogP contribution in [0.5, 0.6) is 0 Å². The predicted octanol–water partition coefficient (Wildman–Crippen LogP) is 3.10. The van der Waals surface area contributed by atoms with E-state index in [0.717, 1.165) is 0 Å². The Morgan fingerprint density at radius 1 is 1.44 bits per heavy atom. The summed E-state index contributed by atoms with van der Waals surface area (Å²) in [5, 5.41) is 4.34. The number of hydrogen-bond donors (Lipinski definition) is 1. The normalized spacial score (nSPS) is 11.1. The molecule has 2 aromatic rings. The Bertz CT molecular complexity index is 542. The van der Waals surface area contributed by atoms with Gasteiger partial charge in [-0.3, -0.25) is 0 Å². The van der Waals surface area contributed by atoms with Crippen molar-refractivity contribution in [3.05, 3.63) is 29.8 Å². The first-order valence-electron chi connectivity index (χ1n) is 5.56. The third-order valence-electron chi connectivity index (χ3n) is 2.30. The number of hydrogen-bond acceptors (Lipinski definition) is 5. The van der Waals surface area contributed by atoms with Gasteiger partial charge >= 0.3 is 0 Å². The van der Waals surface area contributed by atoms with Crippen LogP contribution >= 0.6 is 11.8 Å². The molecule has 2 N–H and O–H groups in total. The van der Waals surface area contributed by atoms with E-state index in [1.165, 1.54) is 6.07 Å². The predicted molar refractivity (Wildman–Crippen MR) is 70.5 cm³/mol. The third-order valence-corrected chi connectivity index (χ3v) is 3.39. The number of anilines is 1. The molecule has 0 amide bonds. The van der Waals surface area contributed by atoms with Crippen LogP contribution in [0.15, 0.2) is 22.7 Å². The van der Waals surface area contributed by atoms with Crippen molar-refractivity contribution >= 4 is 17.4 Å². The number of aromatic nitrogens is 2. The topological polar surface area (TPSA) is 64.9 Å². The summed E-state index contributed by atoms with van der Waals surface area (Å²) in [4.78, 5) is 4.21. The van der Waals surface area contributed by atoms with Gasteiger partial charge in [0.1, 0.15) is 5.82 Å². The molecule has 0 atom stereocenters. The number of para-hydroxylation sites is 1. The number of thioether (sulfide) groups is 1. The second-order valence-corrected chi connectivity index (χ2v) is 5.64. The van der Waals surface area contributed by atoms with Crippen LogP contribution < -0.4 is 5.73 Å². The Morgan fingerprint density at radius 2 is 2.22 bits per heavy atom. The Hall–Kier alpha value is -1.56. The summed E-state index contributed by atoms with van der Waals surface area (Å²) in [5.41, 5.74) is 6.10. The van der Waals surface area contributed by atoms with Crippen LogP contribution in [-0.2, 0) is 5.75 Å². The highest BCUT2D eigenvalue weighted by atomic mass is 32.2. The third kappa shape index (κ3) is 2.81. The average molecular weight is 267 g/mol. The van der Waals surface area contributed by atoms with Crippen molar-refractivity contribution in [1.29, 1.82) is 0 Å². The first-order chi connectivity index (χ1) is 8.58. The molecule has 0 aliphatic rings. The van der Waals surface area contributed by atoms with Gasteiger partial charge in [-0.1, -0.05) is 25.1 Å². The Labute approximate surface area is 109 Å². The number of nitrogens with two attached hydrogens (primary N) is 1. The summed E-state index contributed by atoms with van der Waals surface area (Å²) in [6.07, 6.45) is 0. The van der Waals surface area contributed by atoms with Gasteiger partial charge in [0, 0.05) is 0 Å².